The summed E-state index contributed by atoms with van der Waals surface area (Å²) in [5, 5.41) is 0. The van der Waals surface area contributed by atoms with Gasteiger partial charge in [0.2, 0.25) is 5.91 Å². The number of halogens is 1. The van der Waals surface area contributed by atoms with Crippen molar-refractivity contribution >= 4 is 38.6 Å². The van der Waals surface area contributed by atoms with Crippen LogP contribution in [0.2, 0.25) is 0 Å². The van der Waals surface area contributed by atoms with Gasteiger partial charge in [-0.15, -0.1) is 0 Å². The Morgan fingerprint density at radius 2 is 1.84 bits per heavy atom. The van der Waals surface area contributed by atoms with E-state index >= 15 is 0 Å². The van der Waals surface area contributed by atoms with Gasteiger partial charge in [-0.1, -0.05) is 46.3 Å². The van der Waals surface area contributed by atoms with Crippen LogP contribution in [0.25, 0.3) is 11.0 Å². The van der Waals surface area contributed by atoms with Crippen LogP contribution in [0, 0.1) is 13.8 Å². The van der Waals surface area contributed by atoms with E-state index in [0.29, 0.717) is 13.0 Å². The number of anilines is 1. The molecule has 1 saturated heterocycles. The summed E-state index contributed by atoms with van der Waals surface area (Å²) in [5.74, 6) is 1.21. The van der Waals surface area contributed by atoms with Gasteiger partial charge < -0.3 is 9.47 Å². The molecule has 4 nitrogen and oxygen atoms in total. The van der Waals surface area contributed by atoms with Crippen LogP contribution < -0.4 is 4.90 Å². The first-order valence-corrected chi connectivity index (χ1v) is 11.4. The van der Waals surface area contributed by atoms with Crippen LogP contribution in [0.15, 0.2) is 71.2 Å². The number of aryl methyl sites for hydroxylation is 2. The molecule has 156 valence electrons. The molecular formula is C26H24BrN3O. The van der Waals surface area contributed by atoms with Crippen molar-refractivity contribution in [3.8, 4) is 0 Å². The van der Waals surface area contributed by atoms with Gasteiger partial charge in [0.15, 0.2) is 0 Å². The van der Waals surface area contributed by atoms with E-state index in [4.69, 9.17) is 4.98 Å². The monoisotopic (exact) mass is 473 g/mol. The number of hydrogen-bond acceptors (Lipinski definition) is 2. The maximum absolute atomic E-state index is 13.0. The molecule has 5 heteroatoms. The number of carbonyl (C=O) groups is 1. The predicted molar refractivity (Wildman–Crippen MR) is 129 cm³/mol. The fraction of sp³-hybridized carbons (Fsp3) is 0.231. The number of aromatic nitrogens is 2. The molecule has 1 atom stereocenters. The highest BCUT2D eigenvalue weighted by Crippen LogP contribution is 2.34. The molecule has 0 radical (unpaired) electrons. The smallest absolute Gasteiger partial charge is 0.227 e. The second kappa shape index (κ2) is 7.97. The van der Waals surface area contributed by atoms with E-state index in [0.717, 1.165) is 33.6 Å². The summed E-state index contributed by atoms with van der Waals surface area (Å²) in [6.07, 6.45) is 0.481. The maximum Gasteiger partial charge on any atom is 0.227 e. The van der Waals surface area contributed by atoms with Gasteiger partial charge in [-0.3, -0.25) is 4.79 Å². The van der Waals surface area contributed by atoms with Crippen molar-refractivity contribution in [3.63, 3.8) is 0 Å². The molecule has 2 heterocycles. The average molecular weight is 474 g/mol. The van der Waals surface area contributed by atoms with E-state index in [-0.39, 0.29) is 11.8 Å². The lowest BCUT2D eigenvalue weighted by Crippen LogP contribution is -2.24. The largest absolute Gasteiger partial charge is 0.323 e. The van der Waals surface area contributed by atoms with Gasteiger partial charge >= 0.3 is 0 Å². The molecule has 0 bridgehead atoms. The molecule has 1 fully saturated rings. The van der Waals surface area contributed by atoms with Gasteiger partial charge in [-0.05, 0) is 66.9 Å². The number of carbonyl (C=O) groups excluding carboxylic acids is 1. The molecule has 1 aromatic heterocycles. The number of rotatable bonds is 4. The van der Waals surface area contributed by atoms with Crippen molar-refractivity contribution in [2.24, 2.45) is 0 Å². The molecule has 31 heavy (non-hydrogen) atoms. The molecule has 0 aliphatic carbocycles. The fourth-order valence-electron chi connectivity index (χ4n) is 4.41. The van der Waals surface area contributed by atoms with Gasteiger partial charge in [0.25, 0.3) is 0 Å². The van der Waals surface area contributed by atoms with Crippen LogP contribution >= 0.6 is 15.9 Å². The van der Waals surface area contributed by atoms with E-state index in [1.54, 1.807) is 0 Å². The molecule has 0 spiro atoms. The van der Waals surface area contributed by atoms with Crippen LogP contribution in [-0.4, -0.2) is 22.0 Å². The summed E-state index contributed by atoms with van der Waals surface area (Å²) < 4.78 is 3.34. The zero-order valence-corrected chi connectivity index (χ0v) is 19.3. The molecule has 1 aliphatic heterocycles. The SMILES string of the molecule is Cc1ccc(N2CC(c3nc4ccccc4n3Cc3cccc(Br)c3)CC2=O)cc1C. The Kier molecular flexibility index (Phi) is 5.14. The van der Waals surface area contributed by atoms with E-state index in [2.05, 4.69) is 70.7 Å². The molecule has 1 amide bonds. The summed E-state index contributed by atoms with van der Waals surface area (Å²) in [5.41, 5.74) is 6.71. The topological polar surface area (TPSA) is 38.1 Å². The van der Waals surface area contributed by atoms with Crippen LogP contribution in [-0.2, 0) is 11.3 Å². The lowest BCUT2D eigenvalue weighted by atomic mass is 10.1. The van der Waals surface area contributed by atoms with Crippen molar-refractivity contribution < 1.29 is 4.79 Å². The Hall–Kier alpha value is -2.92. The summed E-state index contributed by atoms with van der Waals surface area (Å²) in [4.78, 5) is 19.9. The number of nitrogens with zero attached hydrogens (tertiary/aromatic N) is 3. The summed E-state index contributed by atoms with van der Waals surface area (Å²) in [6.45, 7) is 5.57. The Bertz CT molecular complexity index is 1290. The van der Waals surface area contributed by atoms with E-state index in [9.17, 15) is 4.79 Å². The second-order valence-electron chi connectivity index (χ2n) is 8.35. The van der Waals surface area contributed by atoms with E-state index < -0.39 is 0 Å². The first-order chi connectivity index (χ1) is 15.0. The summed E-state index contributed by atoms with van der Waals surface area (Å²) in [6, 6.07) is 22.8. The number of para-hydroxylation sites is 2. The Balaban J connectivity index is 1.52. The van der Waals surface area contributed by atoms with Crippen LogP contribution in [0.3, 0.4) is 0 Å². The number of fused-ring (bicyclic) bond motifs is 1. The third kappa shape index (κ3) is 3.79. The van der Waals surface area contributed by atoms with E-state index in [1.807, 2.05) is 35.2 Å². The number of hydrogen-bond donors (Lipinski definition) is 0. The summed E-state index contributed by atoms with van der Waals surface area (Å²) in [7, 11) is 0. The molecule has 5 rings (SSSR count). The normalized spacial score (nSPS) is 16.4. The predicted octanol–water partition coefficient (Wildman–Crippen LogP) is 5.98. The van der Waals surface area contributed by atoms with Crippen molar-refractivity contribution in [2.75, 3.05) is 11.4 Å². The Labute approximate surface area is 190 Å². The van der Waals surface area contributed by atoms with Gasteiger partial charge in [-0.2, -0.15) is 0 Å². The van der Waals surface area contributed by atoms with Gasteiger partial charge in [0.05, 0.1) is 11.0 Å². The minimum Gasteiger partial charge on any atom is -0.323 e. The van der Waals surface area contributed by atoms with Crippen molar-refractivity contribution in [2.45, 2.75) is 32.7 Å². The third-order valence-electron chi connectivity index (χ3n) is 6.21. The molecular weight excluding hydrogens is 450 g/mol. The molecule has 0 saturated carbocycles. The fourth-order valence-corrected chi connectivity index (χ4v) is 4.86. The zero-order valence-electron chi connectivity index (χ0n) is 17.7. The van der Waals surface area contributed by atoms with Crippen LogP contribution in [0.1, 0.15) is 34.9 Å². The van der Waals surface area contributed by atoms with Crippen LogP contribution in [0.4, 0.5) is 5.69 Å². The third-order valence-corrected chi connectivity index (χ3v) is 6.70. The Morgan fingerprint density at radius 3 is 2.65 bits per heavy atom. The van der Waals surface area contributed by atoms with Crippen molar-refractivity contribution in [1.82, 2.24) is 9.55 Å². The zero-order chi connectivity index (χ0) is 21.5. The quantitative estimate of drug-likeness (QED) is 0.365. The van der Waals surface area contributed by atoms with Crippen molar-refractivity contribution in [1.29, 1.82) is 0 Å². The van der Waals surface area contributed by atoms with Crippen molar-refractivity contribution in [3.05, 3.63) is 93.7 Å². The molecule has 4 aromatic rings. The highest BCUT2D eigenvalue weighted by molar-refractivity contribution is 9.10. The van der Waals surface area contributed by atoms with Gasteiger partial charge in [0.1, 0.15) is 5.82 Å². The number of benzene rings is 3. The highest BCUT2D eigenvalue weighted by atomic mass is 79.9. The average Bonchev–Trinajstić information content (AvgIpc) is 3.31. The maximum atomic E-state index is 13.0. The minimum absolute atomic E-state index is 0.0636. The highest BCUT2D eigenvalue weighted by Gasteiger charge is 2.35. The second-order valence-corrected chi connectivity index (χ2v) is 9.26. The van der Waals surface area contributed by atoms with E-state index in [1.165, 1.54) is 16.7 Å². The minimum atomic E-state index is 0.0636. The number of amides is 1. The van der Waals surface area contributed by atoms with Gasteiger partial charge in [-0.25, -0.2) is 4.98 Å². The number of imidazole rings is 1. The molecule has 1 unspecified atom stereocenters. The van der Waals surface area contributed by atoms with Gasteiger partial charge in [0, 0.05) is 35.6 Å². The molecule has 0 N–H and O–H groups in total. The molecule has 1 aliphatic rings. The lowest BCUT2D eigenvalue weighted by Gasteiger charge is -2.18. The first kappa shape index (κ1) is 20.0. The standard InChI is InChI=1S/C26H24BrN3O/c1-17-10-11-22(12-18(17)2)29-16-20(14-25(29)31)26-28-23-8-3-4-9-24(23)30(26)15-19-6-5-7-21(27)13-19/h3-13,20H,14-16H2,1-2H3. The Morgan fingerprint density at radius 1 is 1.00 bits per heavy atom. The summed E-state index contributed by atoms with van der Waals surface area (Å²) >= 11 is 3.58. The lowest BCUT2D eigenvalue weighted by molar-refractivity contribution is -0.117. The first-order valence-electron chi connectivity index (χ1n) is 10.6. The van der Waals surface area contributed by atoms with Crippen LogP contribution in [0.5, 0.6) is 0 Å². The molecule has 3 aromatic carbocycles.